The highest BCUT2D eigenvalue weighted by Crippen LogP contribution is 2.20. The van der Waals surface area contributed by atoms with Gasteiger partial charge in [-0.05, 0) is 33.1 Å². The Balaban J connectivity index is 1.83. The van der Waals surface area contributed by atoms with Crippen molar-refractivity contribution in [2.75, 3.05) is 19.6 Å². The Bertz CT molecular complexity index is 220. The van der Waals surface area contributed by atoms with Gasteiger partial charge in [0.25, 0.3) is 0 Å². The van der Waals surface area contributed by atoms with Gasteiger partial charge in [0.05, 0.1) is 12.2 Å². The van der Waals surface area contributed by atoms with Crippen LogP contribution in [0.2, 0.25) is 0 Å². The van der Waals surface area contributed by atoms with Gasteiger partial charge in [-0.15, -0.1) is 0 Å². The monoisotopic (exact) mass is 240 g/mol. The first-order valence-electron chi connectivity index (χ1n) is 7.32. The summed E-state index contributed by atoms with van der Waals surface area (Å²) in [5.41, 5.74) is 0. The lowest BCUT2D eigenvalue weighted by Crippen LogP contribution is -2.53. The van der Waals surface area contributed by atoms with Crippen LogP contribution in [-0.4, -0.2) is 48.8 Å². The van der Waals surface area contributed by atoms with Crippen molar-refractivity contribution >= 4 is 0 Å². The predicted molar refractivity (Wildman–Crippen MR) is 71.3 cm³/mol. The number of hydrogen-bond acceptors (Lipinski definition) is 3. The zero-order valence-electron chi connectivity index (χ0n) is 11.6. The van der Waals surface area contributed by atoms with Crippen LogP contribution in [0.5, 0.6) is 0 Å². The van der Waals surface area contributed by atoms with Gasteiger partial charge in [0.1, 0.15) is 0 Å². The Morgan fingerprint density at radius 2 is 1.88 bits per heavy atom. The Labute approximate surface area is 106 Å². The summed E-state index contributed by atoms with van der Waals surface area (Å²) in [5.74, 6) is 0. The maximum atomic E-state index is 5.82. The van der Waals surface area contributed by atoms with Crippen LogP contribution in [0.25, 0.3) is 0 Å². The van der Waals surface area contributed by atoms with Crippen molar-refractivity contribution < 1.29 is 4.74 Å². The highest BCUT2D eigenvalue weighted by atomic mass is 16.5. The Morgan fingerprint density at radius 1 is 1.24 bits per heavy atom. The summed E-state index contributed by atoms with van der Waals surface area (Å²) in [6.07, 6.45) is 6.12. The molecule has 2 aliphatic rings. The van der Waals surface area contributed by atoms with Gasteiger partial charge in [-0.1, -0.05) is 13.3 Å². The van der Waals surface area contributed by atoms with Crippen LogP contribution in [0.15, 0.2) is 0 Å². The van der Waals surface area contributed by atoms with E-state index in [0.717, 1.165) is 25.7 Å². The average Bonchev–Trinajstić information content (AvgIpc) is 3.06. The molecule has 0 amide bonds. The number of hydrogen-bond donors (Lipinski definition) is 1. The van der Waals surface area contributed by atoms with Crippen molar-refractivity contribution in [3.63, 3.8) is 0 Å². The molecule has 0 aromatic rings. The SMILES string of the molecule is CCCC(CNC1CC1)N1C[C@@H](C)O[C@@H](C)C1. The third-order valence-electron chi connectivity index (χ3n) is 3.81. The largest absolute Gasteiger partial charge is 0.373 e. The number of morpholine rings is 1. The van der Waals surface area contributed by atoms with Crippen molar-refractivity contribution in [1.29, 1.82) is 0 Å². The smallest absolute Gasteiger partial charge is 0.0678 e. The molecule has 1 unspecified atom stereocenters. The lowest BCUT2D eigenvalue weighted by atomic mass is 10.1. The summed E-state index contributed by atoms with van der Waals surface area (Å²) < 4.78 is 5.82. The van der Waals surface area contributed by atoms with Gasteiger partial charge in [0.15, 0.2) is 0 Å². The molecule has 1 saturated heterocycles. The molecule has 0 aromatic heterocycles. The zero-order chi connectivity index (χ0) is 12.3. The maximum Gasteiger partial charge on any atom is 0.0678 e. The number of nitrogens with zero attached hydrogens (tertiary/aromatic N) is 1. The van der Waals surface area contributed by atoms with Gasteiger partial charge >= 0.3 is 0 Å². The molecule has 0 aromatic carbocycles. The van der Waals surface area contributed by atoms with E-state index in [1.54, 1.807) is 0 Å². The maximum absolute atomic E-state index is 5.82. The van der Waals surface area contributed by atoms with E-state index in [9.17, 15) is 0 Å². The molecule has 0 radical (unpaired) electrons. The van der Waals surface area contributed by atoms with Gasteiger partial charge in [-0.2, -0.15) is 0 Å². The number of rotatable bonds is 6. The summed E-state index contributed by atoms with van der Waals surface area (Å²) in [5, 5.41) is 3.69. The molecule has 2 fully saturated rings. The standard InChI is InChI=1S/C14H28N2O/c1-4-5-14(8-15-13-6-7-13)16-9-11(2)17-12(3)10-16/h11-15H,4-10H2,1-3H3/t11-,12+,14?. The van der Waals surface area contributed by atoms with E-state index in [2.05, 4.69) is 31.0 Å². The van der Waals surface area contributed by atoms with Crippen LogP contribution in [0, 0.1) is 0 Å². The van der Waals surface area contributed by atoms with Crippen molar-refractivity contribution in [1.82, 2.24) is 10.2 Å². The highest BCUT2D eigenvalue weighted by Gasteiger charge is 2.29. The minimum absolute atomic E-state index is 0.388. The molecule has 1 N–H and O–H groups in total. The molecule has 1 heterocycles. The molecule has 100 valence electrons. The van der Waals surface area contributed by atoms with E-state index in [4.69, 9.17) is 4.74 Å². The molecule has 1 aliphatic carbocycles. The van der Waals surface area contributed by atoms with Crippen LogP contribution >= 0.6 is 0 Å². The van der Waals surface area contributed by atoms with Crippen LogP contribution < -0.4 is 5.32 Å². The molecule has 1 saturated carbocycles. The quantitative estimate of drug-likeness (QED) is 0.769. The van der Waals surface area contributed by atoms with Crippen LogP contribution in [0.1, 0.15) is 46.5 Å². The van der Waals surface area contributed by atoms with E-state index in [0.29, 0.717) is 18.2 Å². The van der Waals surface area contributed by atoms with Gasteiger partial charge < -0.3 is 10.1 Å². The Hall–Kier alpha value is -0.120. The van der Waals surface area contributed by atoms with Crippen LogP contribution in [0.3, 0.4) is 0 Å². The molecule has 3 nitrogen and oxygen atoms in total. The van der Waals surface area contributed by atoms with Crippen LogP contribution in [-0.2, 0) is 4.74 Å². The Morgan fingerprint density at radius 3 is 2.41 bits per heavy atom. The van der Waals surface area contributed by atoms with E-state index in [1.165, 1.54) is 25.7 Å². The fourth-order valence-electron chi connectivity index (χ4n) is 2.85. The second-order valence-electron chi connectivity index (χ2n) is 5.84. The molecule has 17 heavy (non-hydrogen) atoms. The van der Waals surface area contributed by atoms with E-state index >= 15 is 0 Å². The second-order valence-corrected chi connectivity index (χ2v) is 5.84. The van der Waals surface area contributed by atoms with Gasteiger partial charge in [0.2, 0.25) is 0 Å². The fourth-order valence-corrected chi connectivity index (χ4v) is 2.85. The third-order valence-corrected chi connectivity index (χ3v) is 3.81. The first kappa shape index (κ1) is 13.3. The normalized spacial score (nSPS) is 32.6. The minimum atomic E-state index is 0.388. The zero-order valence-corrected chi connectivity index (χ0v) is 11.6. The number of nitrogens with one attached hydrogen (secondary N) is 1. The van der Waals surface area contributed by atoms with Gasteiger partial charge in [-0.25, -0.2) is 0 Å². The van der Waals surface area contributed by atoms with Crippen molar-refractivity contribution in [3.05, 3.63) is 0 Å². The first-order chi connectivity index (χ1) is 8.19. The minimum Gasteiger partial charge on any atom is -0.373 e. The Kier molecular flexibility index (Phi) is 4.83. The van der Waals surface area contributed by atoms with Crippen molar-refractivity contribution in [2.24, 2.45) is 0 Å². The molecular formula is C14H28N2O. The molecule has 3 heteroatoms. The van der Waals surface area contributed by atoms with E-state index < -0.39 is 0 Å². The van der Waals surface area contributed by atoms with Crippen molar-refractivity contribution in [3.8, 4) is 0 Å². The molecule has 2 rings (SSSR count). The predicted octanol–water partition coefficient (Wildman–Crippen LogP) is 2.02. The van der Waals surface area contributed by atoms with E-state index in [1.807, 2.05) is 0 Å². The van der Waals surface area contributed by atoms with E-state index in [-0.39, 0.29) is 0 Å². The number of ether oxygens (including phenoxy) is 1. The summed E-state index contributed by atoms with van der Waals surface area (Å²) in [7, 11) is 0. The summed E-state index contributed by atoms with van der Waals surface area (Å²) in [6.45, 7) is 10.0. The lowest BCUT2D eigenvalue weighted by molar-refractivity contribution is -0.0809. The molecule has 3 atom stereocenters. The highest BCUT2D eigenvalue weighted by molar-refractivity contribution is 4.86. The third kappa shape index (κ3) is 4.23. The lowest BCUT2D eigenvalue weighted by Gasteiger charge is -2.40. The first-order valence-corrected chi connectivity index (χ1v) is 7.32. The molecule has 1 aliphatic heterocycles. The van der Waals surface area contributed by atoms with Gasteiger partial charge in [-0.3, -0.25) is 4.90 Å². The molecular weight excluding hydrogens is 212 g/mol. The summed E-state index contributed by atoms with van der Waals surface area (Å²) in [4.78, 5) is 2.64. The van der Waals surface area contributed by atoms with Crippen molar-refractivity contribution in [2.45, 2.75) is 70.7 Å². The van der Waals surface area contributed by atoms with Gasteiger partial charge in [0, 0.05) is 31.7 Å². The topological polar surface area (TPSA) is 24.5 Å². The summed E-state index contributed by atoms with van der Waals surface area (Å²) in [6, 6.07) is 1.53. The van der Waals surface area contributed by atoms with Crippen LogP contribution in [0.4, 0.5) is 0 Å². The molecule has 0 spiro atoms. The average molecular weight is 240 g/mol. The summed E-state index contributed by atoms with van der Waals surface area (Å²) >= 11 is 0. The molecule has 0 bridgehead atoms. The fraction of sp³-hybridized carbons (Fsp3) is 1.00. The second kappa shape index (κ2) is 6.17.